The van der Waals surface area contributed by atoms with Crippen molar-refractivity contribution >= 4 is 23.1 Å². The van der Waals surface area contributed by atoms with Crippen LogP contribution in [-0.4, -0.2) is 21.2 Å². The molecule has 0 saturated carbocycles. The van der Waals surface area contributed by atoms with Gasteiger partial charge in [0.2, 0.25) is 0 Å². The lowest BCUT2D eigenvalue weighted by Gasteiger charge is -2.16. The van der Waals surface area contributed by atoms with Crippen molar-refractivity contribution in [2.45, 2.75) is 13.0 Å². The van der Waals surface area contributed by atoms with Gasteiger partial charge in [-0.15, -0.1) is 0 Å². The van der Waals surface area contributed by atoms with Gasteiger partial charge in [0.1, 0.15) is 11.3 Å². The molecule has 0 unspecified atom stereocenters. The number of carbonyl (C=O) groups is 2. The first-order chi connectivity index (χ1) is 14.1. The summed E-state index contributed by atoms with van der Waals surface area (Å²) in [5, 5.41) is 5.78. The van der Waals surface area contributed by atoms with E-state index in [0.29, 0.717) is 16.9 Å². The molecule has 29 heavy (non-hydrogen) atoms. The largest absolute Gasteiger partial charge is 0.345 e. The molecule has 6 nitrogen and oxygen atoms in total. The maximum atomic E-state index is 12.8. The number of rotatable bonds is 5. The highest BCUT2D eigenvalue weighted by Crippen LogP contribution is 2.19. The Labute approximate surface area is 168 Å². The highest BCUT2D eigenvalue weighted by molar-refractivity contribution is 6.08. The van der Waals surface area contributed by atoms with Crippen LogP contribution in [0.3, 0.4) is 0 Å². The predicted molar refractivity (Wildman–Crippen MR) is 112 cm³/mol. The van der Waals surface area contributed by atoms with Crippen molar-refractivity contribution in [3.8, 4) is 0 Å². The number of anilines is 1. The van der Waals surface area contributed by atoms with E-state index >= 15 is 0 Å². The number of pyridine rings is 1. The average molecular weight is 384 g/mol. The van der Waals surface area contributed by atoms with Crippen LogP contribution < -0.4 is 10.6 Å². The summed E-state index contributed by atoms with van der Waals surface area (Å²) in [5.41, 5.74) is 2.80. The Kier molecular flexibility index (Phi) is 5.07. The lowest BCUT2D eigenvalue weighted by Crippen LogP contribution is -2.28. The van der Waals surface area contributed by atoms with E-state index in [1.165, 1.54) is 0 Å². The average Bonchev–Trinajstić information content (AvgIpc) is 3.19. The molecule has 1 atom stereocenters. The summed E-state index contributed by atoms with van der Waals surface area (Å²) in [6.07, 6.45) is 3.48. The standard InChI is InChI=1S/C23H20N4O2/c1-16(17-9-3-2-4-10-17)24-22(28)18-11-5-6-12-19(18)26-23(29)20-15-27-14-8-7-13-21(27)25-20/h2-16H,1H3,(H,24,28)(H,26,29)/t16-/m1/s1. The van der Waals surface area contributed by atoms with E-state index < -0.39 is 0 Å². The number of hydrogen-bond acceptors (Lipinski definition) is 3. The molecule has 4 aromatic rings. The van der Waals surface area contributed by atoms with Crippen LogP contribution in [0.5, 0.6) is 0 Å². The Morgan fingerprint density at radius 1 is 0.897 bits per heavy atom. The number of nitrogens with zero attached hydrogens (tertiary/aromatic N) is 2. The number of benzene rings is 2. The number of aromatic nitrogens is 2. The summed E-state index contributed by atoms with van der Waals surface area (Å²) in [5.74, 6) is -0.627. The summed E-state index contributed by atoms with van der Waals surface area (Å²) >= 11 is 0. The molecule has 2 N–H and O–H groups in total. The Morgan fingerprint density at radius 2 is 1.62 bits per heavy atom. The highest BCUT2D eigenvalue weighted by Gasteiger charge is 2.17. The number of amides is 2. The van der Waals surface area contributed by atoms with Gasteiger partial charge >= 0.3 is 0 Å². The zero-order valence-corrected chi connectivity index (χ0v) is 15.9. The van der Waals surface area contributed by atoms with Gasteiger partial charge in [0.25, 0.3) is 11.8 Å². The Bertz CT molecular complexity index is 1130. The first kappa shape index (κ1) is 18.4. The molecule has 2 amide bonds. The van der Waals surface area contributed by atoms with Crippen molar-refractivity contribution in [3.05, 3.63) is 102 Å². The molecule has 2 heterocycles. The van der Waals surface area contributed by atoms with Crippen LogP contribution in [0, 0.1) is 0 Å². The molecule has 6 heteroatoms. The summed E-state index contributed by atoms with van der Waals surface area (Å²) in [6.45, 7) is 1.92. The van der Waals surface area contributed by atoms with Crippen LogP contribution >= 0.6 is 0 Å². The van der Waals surface area contributed by atoms with Crippen molar-refractivity contribution in [2.24, 2.45) is 0 Å². The topological polar surface area (TPSA) is 75.5 Å². The first-order valence-corrected chi connectivity index (χ1v) is 9.32. The number of para-hydroxylation sites is 1. The molecule has 0 fully saturated rings. The van der Waals surface area contributed by atoms with E-state index in [1.807, 2.05) is 61.7 Å². The lowest BCUT2D eigenvalue weighted by atomic mass is 10.1. The van der Waals surface area contributed by atoms with Gasteiger partial charge in [-0.3, -0.25) is 9.59 Å². The predicted octanol–water partition coefficient (Wildman–Crippen LogP) is 4.08. The highest BCUT2D eigenvalue weighted by atomic mass is 16.2. The molecule has 0 spiro atoms. The van der Waals surface area contributed by atoms with Gasteiger partial charge < -0.3 is 15.0 Å². The molecule has 0 saturated heterocycles. The molecule has 0 aliphatic carbocycles. The molecular formula is C23H20N4O2. The Balaban J connectivity index is 1.53. The van der Waals surface area contributed by atoms with Gasteiger partial charge in [0.15, 0.2) is 0 Å². The van der Waals surface area contributed by atoms with Crippen molar-refractivity contribution in [1.82, 2.24) is 14.7 Å². The number of carbonyl (C=O) groups excluding carboxylic acids is 2. The molecule has 2 aromatic carbocycles. The smallest absolute Gasteiger partial charge is 0.275 e. The van der Waals surface area contributed by atoms with Gasteiger partial charge in [0.05, 0.1) is 17.3 Å². The maximum absolute atomic E-state index is 12.8. The minimum absolute atomic E-state index is 0.161. The number of fused-ring (bicyclic) bond motifs is 1. The number of imidazole rings is 1. The van der Waals surface area contributed by atoms with Gasteiger partial charge in [-0.05, 0) is 36.8 Å². The second kappa shape index (κ2) is 7.98. The minimum Gasteiger partial charge on any atom is -0.345 e. The zero-order valence-electron chi connectivity index (χ0n) is 15.9. The van der Waals surface area contributed by atoms with Crippen LogP contribution in [0.2, 0.25) is 0 Å². The van der Waals surface area contributed by atoms with E-state index in [0.717, 1.165) is 5.56 Å². The van der Waals surface area contributed by atoms with Crippen molar-refractivity contribution < 1.29 is 9.59 Å². The van der Waals surface area contributed by atoms with E-state index in [2.05, 4.69) is 15.6 Å². The molecule has 2 aromatic heterocycles. The summed E-state index contributed by atoms with van der Waals surface area (Å²) in [6, 6.07) is 22.0. The van der Waals surface area contributed by atoms with E-state index in [1.54, 1.807) is 34.9 Å². The lowest BCUT2D eigenvalue weighted by molar-refractivity contribution is 0.0941. The summed E-state index contributed by atoms with van der Waals surface area (Å²) in [7, 11) is 0. The Hall–Kier alpha value is -3.93. The van der Waals surface area contributed by atoms with Crippen LogP contribution in [0.1, 0.15) is 39.4 Å². The second-order valence-corrected chi connectivity index (χ2v) is 6.70. The third-order valence-electron chi connectivity index (χ3n) is 4.66. The number of hydrogen-bond donors (Lipinski definition) is 2. The maximum Gasteiger partial charge on any atom is 0.275 e. The van der Waals surface area contributed by atoms with Gasteiger partial charge in [-0.25, -0.2) is 4.98 Å². The molecule has 0 aliphatic heterocycles. The Morgan fingerprint density at radius 3 is 2.41 bits per heavy atom. The normalized spacial score (nSPS) is 11.8. The molecule has 4 rings (SSSR count). The molecule has 0 radical (unpaired) electrons. The quantitative estimate of drug-likeness (QED) is 0.544. The third kappa shape index (κ3) is 4.01. The van der Waals surface area contributed by atoms with Gasteiger partial charge in [-0.2, -0.15) is 0 Å². The minimum atomic E-state index is -0.370. The second-order valence-electron chi connectivity index (χ2n) is 6.70. The fourth-order valence-corrected chi connectivity index (χ4v) is 3.12. The molecular weight excluding hydrogens is 364 g/mol. The molecule has 0 aliphatic rings. The monoisotopic (exact) mass is 384 g/mol. The summed E-state index contributed by atoms with van der Waals surface area (Å²) < 4.78 is 1.77. The SMILES string of the molecule is C[C@@H](NC(=O)c1ccccc1NC(=O)c1cn2ccccc2n1)c1ccccc1. The van der Waals surface area contributed by atoms with Crippen molar-refractivity contribution in [3.63, 3.8) is 0 Å². The van der Waals surface area contributed by atoms with Gasteiger partial charge in [0, 0.05) is 12.4 Å². The van der Waals surface area contributed by atoms with E-state index in [4.69, 9.17) is 0 Å². The van der Waals surface area contributed by atoms with Crippen LogP contribution in [0.25, 0.3) is 5.65 Å². The zero-order chi connectivity index (χ0) is 20.2. The van der Waals surface area contributed by atoms with Crippen LogP contribution in [0.15, 0.2) is 85.2 Å². The fraction of sp³-hybridized carbons (Fsp3) is 0.0870. The van der Waals surface area contributed by atoms with Gasteiger partial charge in [-0.1, -0.05) is 48.5 Å². The fourth-order valence-electron chi connectivity index (χ4n) is 3.12. The van der Waals surface area contributed by atoms with Crippen molar-refractivity contribution in [1.29, 1.82) is 0 Å². The van der Waals surface area contributed by atoms with E-state index in [-0.39, 0.29) is 23.6 Å². The molecule has 0 bridgehead atoms. The molecule has 144 valence electrons. The van der Waals surface area contributed by atoms with E-state index in [9.17, 15) is 9.59 Å². The third-order valence-corrected chi connectivity index (χ3v) is 4.66. The number of nitrogens with one attached hydrogen (secondary N) is 2. The summed E-state index contributed by atoms with van der Waals surface area (Å²) in [4.78, 5) is 29.8. The van der Waals surface area contributed by atoms with Crippen LogP contribution in [-0.2, 0) is 0 Å². The first-order valence-electron chi connectivity index (χ1n) is 9.32. The van der Waals surface area contributed by atoms with Crippen molar-refractivity contribution in [2.75, 3.05) is 5.32 Å². The van der Waals surface area contributed by atoms with Crippen LogP contribution in [0.4, 0.5) is 5.69 Å².